The lowest BCUT2D eigenvalue weighted by Crippen LogP contribution is -2.30. The van der Waals surface area contributed by atoms with Gasteiger partial charge in [0.2, 0.25) is 0 Å². The van der Waals surface area contributed by atoms with Gasteiger partial charge in [-0.3, -0.25) is 0 Å². The van der Waals surface area contributed by atoms with E-state index in [1.54, 1.807) is 12.1 Å². The summed E-state index contributed by atoms with van der Waals surface area (Å²) in [6, 6.07) is 5.01. The summed E-state index contributed by atoms with van der Waals surface area (Å²) in [6.45, 7) is 1.85. The summed E-state index contributed by atoms with van der Waals surface area (Å²) in [5, 5.41) is 1.04. The van der Waals surface area contributed by atoms with E-state index in [4.69, 9.17) is 34.7 Å². The fourth-order valence-corrected chi connectivity index (χ4v) is 1.33. The van der Waals surface area contributed by atoms with Gasteiger partial charge in [0.25, 0.3) is 0 Å². The standard InChI is InChI=1S/C9H12Cl2N2/c1-5(12)9(13)6-2-3-7(10)8(11)4-6/h2-5,9H,12-13H2,1H3. The van der Waals surface area contributed by atoms with Crippen LogP contribution in [0.4, 0.5) is 0 Å². The normalized spacial score (nSPS) is 15.5. The maximum absolute atomic E-state index is 5.83. The highest BCUT2D eigenvalue weighted by molar-refractivity contribution is 6.42. The van der Waals surface area contributed by atoms with Gasteiger partial charge in [-0.15, -0.1) is 0 Å². The van der Waals surface area contributed by atoms with Gasteiger partial charge in [-0.25, -0.2) is 0 Å². The third-order valence-electron chi connectivity index (χ3n) is 1.90. The van der Waals surface area contributed by atoms with Crippen LogP contribution in [0.1, 0.15) is 18.5 Å². The molecule has 0 fully saturated rings. The molecule has 0 amide bonds. The van der Waals surface area contributed by atoms with Crippen LogP contribution < -0.4 is 11.5 Å². The Kier molecular flexibility index (Phi) is 3.56. The van der Waals surface area contributed by atoms with E-state index in [2.05, 4.69) is 0 Å². The Hall–Kier alpha value is -0.280. The van der Waals surface area contributed by atoms with Crippen molar-refractivity contribution in [1.29, 1.82) is 0 Å². The molecule has 0 saturated heterocycles. The van der Waals surface area contributed by atoms with Crippen LogP contribution in [-0.4, -0.2) is 6.04 Å². The monoisotopic (exact) mass is 218 g/mol. The van der Waals surface area contributed by atoms with Gasteiger partial charge >= 0.3 is 0 Å². The molecule has 2 nitrogen and oxygen atoms in total. The molecule has 0 aliphatic heterocycles. The molecule has 4 N–H and O–H groups in total. The Bertz CT molecular complexity index is 300. The molecule has 0 aromatic heterocycles. The smallest absolute Gasteiger partial charge is 0.0595 e. The van der Waals surface area contributed by atoms with Crippen LogP contribution in [0, 0.1) is 0 Å². The van der Waals surface area contributed by atoms with Crippen molar-refractivity contribution in [3.63, 3.8) is 0 Å². The number of hydrogen-bond acceptors (Lipinski definition) is 2. The van der Waals surface area contributed by atoms with Gasteiger partial charge in [0.15, 0.2) is 0 Å². The molecule has 13 heavy (non-hydrogen) atoms. The van der Waals surface area contributed by atoms with Crippen molar-refractivity contribution in [2.75, 3.05) is 0 Å². The van der Waals surface area contributed by atoms with Crippen molar-refractivity contribution < 1.29 is 0 Å². The van der Waals surface area contributed by atoms with Gasteiger partial charge in [0.05, 0.1) is 10.0 Å². The van der Waals surface area contributed by atoms with Crippen LogP contribution in [0.2, 0.25) is 10.0 Å². The highest BCUT2D eigenvalue weighted by Gasteiger charge is 2.11. The first-order chi connectivity index (χ1) is 6.02. The van der Waals surface area contributed by atoms with Crippen molar-refractivity contribution in [2.45, 2.75) is 19.0 Å². The Morgan fingerprint density at radius 1 is 1.15 bits per heavy atom. The molecule has 1 rings (SSSR count). The molecule has 0 spiro atoms. The zero-order valence-corrected chi connectivity index (χ0v) is 8.81. The van der Waals surface area contributed by atoms with Gasteiger partial charge in [-0.1, -0.05) is 29.3 Å². The van der Waals surface area contributed by atoms with Crippen LogP contribution in [-0.2, 0) is 0 Å². The summed E-state index contributed by atoms with van der Waals surface area (Å²) in [5.41, 5.74) is 12.4. The minimum atomic E-state index is -0.199. The van der Waals surface area contributed by atoms with Gasteiger partial charge in [-0.2, -0.15) is 0 Å². The quantitative estimate of drug-likeness (QED) is 0.801. The number of nitrogens with two attached hydrogens (primary N) is 2. The zero-order valence-electron chi connectivity index (χ0n) is 7.30. The molecule has 2 atom stereocenters. The molecule has 0 heterocycles. The fraction of sp³-hybridized carbons (Fsp3) is 0.333. The maximum atomic E-state index is 5.83. The average molecular weight is 219 g/mol. The molecule has 0 radical (unpaired) electrons. The number of halogens is 2. The van der Waals surface area contributed by atoms with Crippen molar-refractivity contribution >= 4 is 23.2 Å². The second-order valence-corrected chi connectivity index (χ2v) is 3.87. The van der Waals surface area contributed by atoms with Gasteiger partial charge in [-0.05, 0) is 24.6 Å². The van der Waals surface area contributed by atoms with Gasteiger partial charge in [0, 0.05) is 12.1 Å². The van der Waals surface area contributed by atoms with E-state index in [0.717, 1.165) is 5.56 Å². The minimum Gasteiger partial charge on any atom is -0.326 e. The van der Waals surface area contributed by atoms with Crippen LogP contribution in [0.5, 0.6) is 0 Å². The van der Waals surface area contributed by atoms with Crippen LogP contribution in [0.3, 0.4) is 0 Å². The molecule has 4 heteroatoms. The van der Waals surface area contributed by atoms with E-state index in [1.165, 1.54) is 0 Å². The van der Waals surface area contributed by atoms with Crippen LogP contribution in [0.15, 0.2) is 18.2 Å². The SMILES string of the molecule is CC(N)C(N)c1ccc(Cl)c(Cl)c1. The van der Waals surface area contributed by atoms with Crippen molar-refractivity contribution in [1.82, 2.24) is 0 Å². The van der Waals surface area contributed by atoms with Crippen molar-refractivity contribution in [3.05, 3.63) is 33.8 Å². The Morgan fingerprint density at radius 3 is 2.23 bits per heavy atom. The van der Waals surface area contributed by atoms with Crippen LogP contribution >= 0.6 is 23.2 Å². The summed E-state index contributed by atoms with van der Waals surface area (Å²) in [5.74, 6) is 0. The van der Waals surface area contributed by atoms with E-state index in [9.17, 15) is 0 Å². The lowest BCUT2D eigenvalue weighted by molar-refractivity contribution is 0.589. The minimum absolute atomic E-state index is 0.0998. The third kappa shape index (κ3) is 2.58. The predicted molar refractivity (Wildman–Crippen MR) is 57.0 cm³/mol. The summed E-state index contributed by atoms with van der Waals surface area (Å²) < 4.78 is 0. The van der Waals surface area contributed by atoms with Gasteiger partial charge < -0.3 is 11.5 Å². The average Bonchev–Trinajstić information content (AvgIpc) is 2.08. The molecule has 1 aromatic carbocycles. The zero-order chi connectivity index (χ0) is 10.0. The van der Waals surface area contributed by atoms with E-state index in [0.29, 0.717) is 10.0 Å². The number of benzene rings is 1. The Labute approximate surface area is 87.8 Å². The molecular weight excluding hydrogens is 207 g/mol. The van der Waals surface area contributed by atoms with Crippen molar-refractivity contribution in [2.24, 2.45) is 11.5 Å². The first-order valence-electron chi connectivity index (χ1n) is 3.98. The second-order valence-electron chi connectivity index (χ2n) is 3.06. The third-order valence-corrected chi connectivity index (χ3v) is 2.63. The highest BCUT2D eigenvalue weighted by Crippen LogP contribution is 2.25. The van der Waals surface area contributed by atoms with E-state index < -0.39 is 0 Å². The molecule has 0 bridgehead atoms. The molecule has 0 aliphatic rings. The largest absolute Gasteiger partial charge is 0.326 e. The van der Waals surface area contributed by atoms with Gasteiger partial charge in [0.1, 0.15) is 0 Å². The summed E-state index contributed by atoms with van der Waals surface area (Å²) in [7, 11) is 0. The van der Waals surface area contributed by atoms with E-state index in [1.807, 2.05) is 13.0 Å². The Morgan fingerprint density at radius 2 is 1.77 bits per heavy atom. The lowest BCUT2D eigenvalue weighted by Gasteiger charge is -2.16. The maximum Gasteiger partial charge on any atom is 0.0595 e. The molecule has 1 aromatic rings. The summed E-state index contributed by atoms with van der Waals surface area (Å²) in [6.07, 6.45) is 0. The van der Waals surface area contributed by atoms with Crippen LogP contribution in [0.25, 0.3) is 0 Å². The lowest BCUT2D eigenvalue weighted by atomic mass is 10.0. The molecular formula is C9H12Cl2N2. The fourth-order valence-electron chi connectivity index (χ4n) is 1.02. The number of rotatable bonds is 2. The molecule has 2 unspecified atom stereocenters. The highest BCUT2D eigenvalue weighted by atomic mass is 35.5. The predicted octanol–water partition coefficient (Wildman–Crippen LogP) is 2.34. The molecule has 72 valence electrons. The summed E-state index contributed by atoms with van der Waals surface area (Å²) >= 11 is 11.6. The first kappa shape index (κ1) is 10.8. The van der Waals surface area contributed by atoms with E-state index in [-0.39, 0.29) is 12.1 Å². The van der Waals surface area contributed by atoms with E-state index >= 15 is 0 Å². The topological polar surface area (TPSA) is 52.0 Å². The number of hydrogen-bond donors (Lipinski definition) is 2. The Balaban J connectivity index is 2.97. The molecule has 0 aliphatic carbocycles. The first-order valence-corrected chi connectivity index (χ1v) is 4.74. The second kappa shape index (κ2) is 4.29. The molecule has 0 saturated carbocycles. The summed E-state index contributed by atoms with van der Waals surface area (Å²) in [4.78, 5) is 0. The van der Waals surface area contributed by atoms with Crippen molar-refractivity contribution in [3.8, 4) is 0 Å².